The molecule has 0 saturated heterocycles. The Kier molecular flexibility index (Phi) is 4.47. The van der Waals surface area contributed by atoms with E-state index in [2.05, 4.69) is 10.6 Å². The quantitative estimate of drug-likeness (QED) is 0.646. The average molecular weight is 265 g/mol. The van der Waals surface area contributed by atoms with E-state index in [0.29, 0.717) is 5.69 Å². The second-order valence-corrected chi connectivity index (χ2v) is 5.41. The highest BCUT2D eigenvalue weighted by Gasteiger charge is 2.19. The van der Waals surface area contributed by atoms with Crippen molar-refractivity contribution in [2.75, 3.05) is 5.32 Å². The highest BCUT2D eigenvalue weighted by molar-refractivity contribution is 5.84. The van der Waals surface area contributed by atoms with Crippen LogP contribution in [0.3, 0.4) is 0 Å². The van der Waals surface area contributed by atoms with Gasteiger partial charge in [-0.3, -0.25) is 14.9 Å². The van der Waals surface area contributed by atoms with Gasteiger partial charge < -0.3 is 10.6 Å². The molecule has 0 bridgehead atoms. The summed E-state index contributed by atoms with van der Waals surface area (Å²) in [5, 5.41) is 16.4. The van der Waals surface area contributed by atoms with Gasteiger partial charge in [-0.25, -0.2) is 0 Å². The predicted octanol–water partition coefficient (Wildman–Crippen LogP) is 2.31. The van der Waals surface area contributed by atoms with E-state index in [-0.39, 0.29) is 17.1 Å². The van der Waals surface area contributed by atoms with Crippen molar-refractivity contribution in [3.8, 4) is 0 Å². The molecule has 1 atom stereocenters. The third-order valence-electron chi connectivity index (χ3n) is 2.33. The summed E-state index contributed by atoms with van der Waals surface area (Å²) in [6.45, 7) is 7.39. The number of rotatable bonds is 4. The highest BCUT2D eigenvalue weighted by atomic mass is 16.6. The fraction of sp³-hybridized carbons (Fsp3) is 0.462. The Labute approximate surface area is 112 Å². The fourth-order valence-electron chi connectivity index (χ4n) is 1.50. The standard InChI is InChI=1S/C13H19N3O3/c1-9(12(17)15-13(2,3)4)14-10-6-5-7-11(8-10)16(18)19/h5-9,14H,1-4H3,(H,15,17). The summed E-state index contributed by atoms with van der Waals surface area (Å²) in [6, 6.07) is 5.61. The first-order valence-corrected chi connectivity index (χ1v) is 6.02. The number of benzene rings is 1. The molecular formula is C13H19N3O3. The third kappa shape index (κ3) is 4.95. The van der Waals surface area contributed by atoms with Gasteiger partial charge in [0.05, 0.1) is 4.92 Å². The molecule has 2 N–H and O–H groups in total. The number of carbonyl (C=O) groups is 1. The summed E-state index contributed by atoms with van der Waals surface area (Å²) >= 11 is 0. The van der Waals surface area contributed by atoms with Crippen LogP contribution in [0.5, 0.6) is 0 Å². The van der Waals surface area contributed by atoms with Crippen molar-refractivity contribution in [1.29, 1.82) is 0 Å². The molecule has 19 heavy (non-hydrogen) atoms. The Morgan fingerprint density at radius 2 is 2.00 bits per heavy atom. The summed E-state index contributed by atoms with van der Waals surface area (Å²) in [6.07, 6.45) is 0. The molecule has 0 radical (unpaired) electrons. The van der Waals surface area contributed by atoms with Gasteiger partial charge in [-0.05, 0) is 33.8 Å². The second kappa shape index (κ2) is 5.69. The molecule has 104 valence electrons. The van der Waals surface area contributed by atoms with Gasteiger partial charge in [-0.1, -0.05) is 6.07 Å². The molecular weight excluding hydrogens is 246 g/mol. The van der Waals surface area contributed by atoms with Gasteiger partial charge in [-0.15, -0.1) is 0 Å². The van der Waals surface area contributed by atoms with E-state index in [4.69, 9.17) is 0 Å². The highest BCUT2D eigenvalue weighted by Crippen LogP contribution is 2.17. The molecule has 0 aliphatic heterocycles. The topological polar surface area (TPSA) is 84.3 Å². The van der Waals surface area contributed by atoms with E-state index in [9.17, 15) is 14.9 Å². The van der Waals surface area contributed by atoms with Crippen LogP contribution in [0.2, 0.25) is 0 Å². The molecule has 0 spiro atoms. The molecule has 0 heterocycles. The van der Waals surface area contributed by atoms with E-state index in [1.165, 1.54) is 12.1 Å². The molecule has 0 aromatic heterocycles. The monoisotopic (exact) mass is 265 g/mol. The first-order valence-electron chi connectivity index (χ1n) is 6.02. The van der Waals surface area contributed by atoms with Gasteiger partial charge in [0.1, 0.15) is 6.04 Å². The summed E-state index contributed by atoms with van der Waals surface area (Å²) in [4.78, 5) is 22.1. The Hall–Kier alpha value is -2.11. The maximum absolute atomic E-state index is 11.9. The lowest BCUT2D eigenvalue weighted by molar-refractivity contribution is -0.384. The molecule has 6 nitrogen and oxygen atoms in total. The number of hydrogen-bond acceptors (Lipinski definition) is 4. The molecule has 1 rings (SSSR count). The third-order valence-corrected chi connectivity index (χ3v) is 2.33. The summed E-state index contributed by atoms with van der Waals surface area (Å²) in [5.74, 6) is -0.154. The number of non-ortho nitro benzene ring substituents is 1. The lowest BCUT2D eigenvalue weighted by Gasteiger charge is -2.24. The van der Waals surface area contributed by atoms with Crippen LogP contribution in [-0.4, -0.2) is 22.4 Å². The molecule has 1 unspecified atom stereocenters. The van der Waals surface area contributed by atoms with Crippen LogP contribution in [0.15, 0.2) is 24.3 Å². The Morgan fingerprint density at radius 1 is 1.37 bits per heavy atom. The molecule has 0 aliphatic rings. The minimum Gasteiger partial charge on any atom is -0.374 e. The van der Waals surface area contributed by atoms with Crippen molar-refractivity contribution >= 4 is 17.3 Å². The minimum absolute atomic E-state index is 0.00608. The van der Waals surface area contributed by atoms with Crippen molar-refractivity contribution in [2.45, 2.75) is 39.3 Å². The number of nitro benzene ring substituents is 1. The molecule has 0 fully saturated rings. The van der Waals surface area contributed by atoms with Crippen molar-refractivity contribution in [2.24, 2.45) is 0 Å². The van der Waals surface area contributed by atoms with Crippen LogP contribution >= 0.6 is 0 Å². The Bertz CT molecular complexity index is 480. The van der Waals surface area contributed by atoms with Crippen LogP contribution < -0.4 is 10.6 Å². The lowest BCUT2D eigenvalue weighted by Crippen LogP contribution is -2.47. The van der Waals surface area contributed by atoms with Gasteiger partial charge in [0.25, 0.3) is 5.69 Å². The number of nitrogens with zero attached hydrogens (tertiary/aromatic N) is 1. The number of amides is 1. The van der Waals surface area contributed by atoms with Crippen LogP contribution in [-0.2, 0) is 4.79 Å². The van der Waals surface area contributed by atoms with Crippen LogP contribution in [0, 0.1) is 10.1 Å². The molecule has 6 heteroatoms. The van der Waals surface area contributed by atoms with Gasteiger partial charge in [0.2, 0.25) is 5.91 Å². The van der Waals surface area contributed by atoms with Crippen LogP contribution in [0.4, 0.5) is 11.4 Å². The zero-order valence-electron chi connectivity index (χ0n) is 11.6. The lowest BCUT2D eigenvalue weighted by atomic mass is 10.1. The van der Waals surface area contributed by atoms with Crippen molar-refractivity contribution in [3.05, 3.63) is 34.4 Å². The van der Waals surface area contributed by atoms with Crippen LogP contribution in [0.25, 0.3) is 0 Å². The van der Waals surface area contributed by atoms with Crippen molar-refractivity contribution in [3.63, 3.8) is 0 Å². The van der Waals surface area contributed by atoms with E-state index in [1.54, 1.807) is 19.1 Å². The maximum Gasteiger partial charge on any atom is 0.271 e. The minimum atomic E-state index is -0.471. The first kappa shape index (κ1) is 14.9. The molecule has 1 amide bonds. The number of nitrogens with one attached hydrogen (secondary N) is 2. The predicted molar refractivity (Wildman–Crippen MR) is 74.1 cm³/mol. The largest absolute Gasteiger partial charge is 0.374 e. The fourth-order valence-corrected chi connectivity index (χ4v) is 1.50. The molecule has 0 saturated carbocycles. The summed E-state index contributed by atoms with van der Waals surface area (Å²) in [5.41, 5.74) is 0.231. The number of nitro groups is 1. The molecule has 1 aromatic rings. The number of anilines is 1. The second-order valence-electron chi connectivity index (χ2n) is 5.41. The normalized spacial score (nSPS) is 12.6. The summed E-state index contributed by atoms with van der Waals surface area (Å²) in [7, 11) is 0. The van der Waals surface area contributed by atoms with E-state index in [0.717, 1.165) is 0 Å². The zero-order chi connectivity index (χ0) is 14.6. The molecule has 0 aliphatic carbocycles. The van der Waals surface area contributed by atoms with Crippen molar-refractivity contribution < 1.29 is 9.72 Å². The number of hydrogen-bond donors (Lipinski definition) is 2. The van der Waals surface area contributed by atoms with Gasteiger partial charge in [-0.2, -0.15) is 0 Å². The van der Waals surface area contributed by atoms with E-state index >= 15 is 0 Å². The summed E-state index contributed by atoms with van der Waals surface area (Å²) < 4.78 is 0. The van der Waals surface area contributed by atoms with Crippen molar-refractivity contribution in [1.82, 2.24) is 5.32 Å². The van der Waals surface area contributed by atoms with Gasteiger partial charge >= 0.3 is 0 Å². The van der Waals surface area contributed by atoms with Gasteiger partial charge in [0, 0.05) is 23.4 Å². The zero-order valence-corrected chi connectivity index (χ0v) is 11.6. The Morgan fingerprint density at radius 3 is 2.53 bits per heavy atom. The van der Waals surface area contributed by atoms with Crippen LogP contribution in [0.1, 0.15) is 27.7 Å². The van der Waals surface area contributed by atoms with E-state index in [1.807, 2.05) is 20.8 Å². The maximum atomic E-state index is 11.9. The SMILES string of the molecule is CC(Nc1cccc([N+](=O)[O-])c1)C(=O)NC(C)(C)C. The number of carbonyl (C=O) groups excluding carboxylic acids is 1. The average Bonchev–Trinajstić information content (AvgIpc) is 2.27. The van der Waals surface area contributed by atoms with Gasteiger partial charge in [0.15, 0.2) is 0 Å². The first-order chi connectivity index (χ1) is 8.69. The molecule has 1 aromatic carbocycles. The Balaban J connectivity index is 2.71. The smallest absolute Gasteiger partial charge is 0.271 e. The van der Waals surface area contributed by atoms with E-state index < -0.39 is 11.0 Å².